The van der Waals surface area contributed by atoms with Crippen molar-refractivity contribution >= 4 is 35.5 Å². The summed E-state index contributed by atoms with van der Waals surface area (Å²) in [5.41, 5.74) is -0.0911. The maximum Gasteiger partial charge on any atom is 0.330 e. The van der Waals surface area contributed by atoms with Gasteiger partial charge in [-0.25, -0.2) is 9.59 Å². The number of likely N-dealkylation sites (tertiary alicyclic amines) is 1. The first kappa shape index (κ1) is 32.1. The molecule has 11 nitrogen and oxygen atoms in total. The van der Waals surface area contributed by atoms with Crippen LogP contribution in [0.25, 0.3) is 0 Å². The van der Waals surface area contributed by atoms with Gasteiger partial charge in [-0.2, -0.15) is 0 Å². The van der Waals surface area contributed by atoms with Crippen LogP contribution in [-0.2, 0) is 30.3 Å². The Morgan fingerprint density at radius 3 is 2.61 bits per heavy atom. The first-order valence-electron chi connectivity index (χ1n) is 16.8. The predicted molar refractivity (Wildman–Crippen MR) is 170 cm³/mol. The number of carboxylic acid groups (broad SMARTS) is 1. The number of para-hydroxylation sites is 1. The fourth-order valence-corrected chi connectivity index (χ4v) is 7.95. The summed E-state index contributed by atoms with van der Waals surface area (Å²) in [6.07, 6.45) is 8.61. The number of ether oxygens (including phenoxy) is 1. The summed E-state index contributed by atoms with van der Waals surface area (Å²) in [6, 6.07) is 6.79. The van der Waals surface area contributed by atoms with Gasteiger partial charge in [0.25, 0.3) is 0 Å². The Labute approximate surface area is 270 Å². The van der Waals surface area contributed by atoms with Crippen molar-refractivity contribution in [3.8, 4) is 0 Å². The summed E-state index contributed by atoms with van der Waals surface area (Å²) in [6.45, 7) is 6.88. The number of hydrogen-bond donors (Lipinski definition) is 2. The molecule has 248 valence electrons. The molecule has 0 aromatic heterocycles. The summed E-state index contributed by atoms with van der Waals surface area (Å²) in [5, 5.41) is 13.0. The van der Waals surface area contributed by atoms with Gasteiger partial charge in [-0.1, -0.05) is 43.2 Å². The number of anilines is 1. The first-order chi connectivity index (χ1) is 21.9. The predicted octanol–water partition coefficient (Wildman–Crippen LogP) is 3.76. The van der Waals surface area contributed by atoms with Crippen molar-refractivity contribution in [1.29, 1.82) is 0 Å². The molecular weight excluding hydrogens is 588 g/mol. The Balaban J connectivity index is 1.27. The van der Waals surface area contributed by atoms with E-state index in [0.717, 1.165) is 43.4 Å². The maximum atomic E-state index is 14.3. The molecule has 0 spiro atoms. The summed E-state index contributed by atoms with van der Waals surface area (Å²) < 4.78 is 5.58. The SMILES string of the molecule is CC(C)(C)OC(=O)C[C@@H]1CCCCC/C=C\[C@@H]2C[C@@]2(C(=O)O)NC(=O)[C@@H]2[C@H]3CN(C(=O)N4CCc5ccccc54)C[C@H]3CN2C1=O. The Morgan fingerprint density at radius 1 is 1.07 bits per heavy atom. The van der Waals surface area contributed by atoms with Gasteiger partial charge < -0.3 is 25.0 Å². The fraction of sp³-hybridized carbons (Fsp3) is 0.629. The molecule has 5 aliphatic rings. The van der Waals surface area contributed by atoms with Gasteiger partial charge in [0.2, 0.25) is 11.8 Å². The smallest absolute Gasteiger partial charge is 0.330 e. The van der Waals surface area contributed by atoms with Crippen LogP contribution in [-0.4, -0.2) is 88.1 Å². The van der Waals surface area contributed by atoms with E-state index in [2.05, 4.69) is 5.32 Å². The highest BCUT2D eigenvalue weighted by Gasteiger charge is 2.62. The molecule has 4 aliphatic heterocycles. The number of aliphatic carboxylic acids is 1. The van der Waals surface area contributed by atoms with Gasteiger partial charge in [-0.3, -0.25) is 19.3 Å². The second kappa shape index (κ2) is 12.4. The van der Waals surface area contributed by atoms with Crippen molar-refractivity contribution in [2.24, 2.45) is 23.7 Å². The quantitative estimate of drug-likeness (QED) is 0.382. The van der Waals surface area contributed by atoms with Crippen LogP contribution < -0.4 is 10.2 Å². The van der Waals surface area contributed by atoms with Crippen molar-refractivity contribution < 1.29 is 33.8 Å². The van der Waals surface area contributed by atoms with Crippen LogP contribution in [0.4, 0.5) is 10.5 Å². The van der Waals surface area contributed by atoms with Crippen molar-refractivity contribution in [3.63, 3.8) is 0 Å². The van der Waals surface area contributed by atoms with Crippen LogP contribution in [0, 0.1) is 23.7 Å². The number of hydrogen-bond acceptors (Lipinski definition) is 6. The Bertz CT molecular complexity index is 1440. The molecule has 1 aromatic rings. The zero-order chi connectivity index (χ0) is 32.8. The molecule has 0 unspecified atom stereocenters. The molecule has 3 fully saturated rings. The Hall–Kier alpha value is -3.89. The van der Waals surface area contributed by atoms with Crippen LogP contribution in [0.15, 0.2) is 36.4 Å². The molecule has 4 heterocycles. The molecule has 0 radical (unpaired) electrons. The molecule has 1 aliphatic carbocycles. The van der Waals surface area contributed by atoms with Gasteiger partial charge in [-0.15, -0.1) is 0 Å². The van der Waals surface area contributed by atoms with Gasteiger partial charge in [0, 0.05) is 55.5 Å². The number of carboxylic acids is 1. The number of fused-ring (bicyclic) bond motifs is 5. The van der Waals surface area contributed by atoms with Crippen LogP contribution in [0.1, 0.15) is 71.3 Å². The van der Waals surface area contributed by atoms with Gasteiger partial charge in [0.15, 0.2) is 0 Å². The summed E-state index contributed by atoms with van der Waals surface area (Å²) in [4.78, 5) is 72.9. The monoisotopic (exact) mass is 634 g/mol. The lowest BCUT2D eigenvalue weighted by Gasteiger charge is -2.33. The lowest BCUT2D eigenvalue weighted by molar-refractivity contribution is -0.159. The van der Waals surface area contributed by atoms with Gasteiger partial charge in [0.1, 0.15) is 17.2 Å². The highest BCUT2D eigenvalue weighted by atomic mass is 16.6. The average Bonchev–Trinajstić information content (AvgIpc) is 3.29. The number of carbonyl (C=O) groups is 5. The number of nitrogens with zero attached hydrogens (tertiary/aromatic N) is 3. The molecule has 11 heteroatoms. The highest BCUT2D eigenvalue weighted by Crippen LogP contribution is 2.46. The number of amides is 4. The number of allylic oxidation sites excluding steroid dienone is 1. The maximum absolute atomic E-state index is 14.3. The van der Waals surface area contributed by atoms with E-state index >= 15 is 0 Å². The van der Waals surface area contributed by atoms with Crippen LogP contribution in [0.3, 0.4) is 0 Å². The number of urea groups is 1. The number of rotatable bonds is 3. The van der Waals surface area contributed by atoms with E-state index in [1.54, 1.807) is 35.5 Å². The summed E-state index contributed by atoms with van der Waals surface area (Å²) >= 11 is 0. The first-order valence-corrected chi connectivity index (χ1v) is 16.8. The van der Waals surface area contributed by atoms with Crippen molar-refractivity contribution in [2.45, 2.75) is 89.3 Å². The molecule has 6 atom stereocenters. The van der Waals surface area contributed by atoms with E-state index in [9.17, 15) is 29.1 Å². The van der Waals surface area contributed by atoms with E-state index in [0.29, 0.717) is 25.9 Å². The molecule has 0 bridgehead atoms. The number of carbonyl (C=O) groups excluding carboxylic acids is 4. The molecule has 6 rings (SSSR count). The van der Waals surface area contributed by atoms with Gasteiger partial charge in [-0.05, 0) is 64.5 Å². The second-order valence-corrected chi connectivity index (χ2v) is 14.7. The number of esters is 1. The van der Waals surface area contributed by atoms with E-state index in [1.165, 1.54) is 0 Å². The van der Waals surface area contributed by atoms with E-state index in [1.807, 2.05) is 36.4 Å². The third-order valence-corrected chi connectivity index (χ3v) is 10.3. The average molecular weight is 635 g/mol. The van der Waals surface area contributed by atoms with Crippen molar-refractivity contribution in [2.75, 3.05) is 31.1 Å². The third kappa shape index (κ3) is 6.25. The minimum absolute atomic E-state index is 0.0870. The molecular formula is C35H46N4O7. The number of benzene rings is 1. The fourth-order valence-electron chi connectivity index (χ4n) is 7.95. The lowest BCUT2D eigenvalue weighted by Crippen LogP contribution is -2.56. The minimum Gasteiger partial charge on any atom is -0.479 e. The zero-order valence-electron chi connectivity index (χ0n) is 27.1. The molecule has 4 amide bonds. The zero-order valence-corrected chi connectivity index (χ0v) is 27.1. The molecule has 2 saturated heterocycles. The molecule has 1 aromatic carbocycles. The second-order valence-electron chi connectivity index (χ2n) is 14.7. The topological polar surface area (TPSA) is 137 Å². The van der Waals surface area contributed by atoms with Crippen molar-refractivity contribution in [3.05, 3.63) is 42.0 Å². The molecule has 1 saturated carbocycles. The lowest BCUT2D eigenvalue weighted by atomic mass is 9.92. The van der Waals surface area contributed by atoms with Crippen LogP contribution >= 0.6 is 0 Å². The summed E-state index contributed by atoms with van der Waals surface area (Å²) in [5.74, 6) is -3.84. The Morgan fingerprint density at radius 2 is 1.85 bits per heavy atom. The van der Waals surface area contributed by atoms with E-state index in [4.69, 9.17) is 4.74 Å². The normalized spacial score (nSPS) is 31.9. The minimum atomic E-state index is -1.41. The third-order valence-electron chi connectivity index (χ3n) is 10.3. The van der Waals surface area contributed by atoms with E-state index < -0.39 is 40.9 Å². The highest BCUT2D eigenvalue weighted by molar-refractivity contribution is 5.97. The van der Waals surface area contributed by atoms with Crippen molar-refractivity contribution in [1.82, 2.24) is 15.1 Å². The molecule has 2 N–H and O–H groups in total. The van der Waals surface area contributed by atoms with Gasteiger partial charge in [0.05, 0.1) is 6.42 Å². The van der Waals surface area contributed by atoms with E-state index in [-0.39, 0.29) is 49.2 Å². The van der Waals surface area contributed by atoms with Crippen LogP contribution in [0.5, 0.6) is 0 Å². The Kier molecular flexibility index (Phi) is 8.63. The van der Waals surface area contributed by atoms with Gasteiger partial charge >= 0.3 is 18.0 Å². The molecule has 46 heavy (non-hydrogen) atoms. The number of nitrogens with one attached hydrogen (secondary N) is 1. The largest absolute Gasteiger partial charge is 0.479 e. The summed E-state index contributed by atoms with van der Waals surface area (Å²) in [7, 11) is 0. The standard InChI is InChI=1S/C35H46N4O7/c1-34(2,3)46-28(40)17-23-12-7-5-4-6-8-13-25-18-35(25,32(43)44)36-30(41)29-26-21-37(19-24(26)20-39(29)31(23)42)33(45)38-16-15-22-11-9-10-14-27(22)38/h8-11,13-14,23-26,29H,4-7,12,15-21H2,1-3H3,(H,36,41)(H,43,44)/b13-8-/t23-,24-,25+,26-,29-,35+/m0/s1. The van der Waals surface area contributed by atoms with Crippen LogP contribution in [0.2, 0.25) is 0 Å².